The molecule has 8 aromatic carbocycles. The molecule has 0 unspecified atom stereocenters. The molecule has 4 heteroatoms. The van der Waals surface area contributed by atoms with Crippen LogP contribution in [-0.4, -0.2) is 8.80 Å². The number of fused-ring (bicyclic) bond motifs is 12. The van der Waals surface area contributed by atoms with E-state index < -0.39 is 0 Å². The molecule has 0 fully saturated rings. The molecule has 0 N–H and O–H groups in total. The zero-order valence-electron chi connectivity index (χ0n) is 36.7. The maximum atomic E-state index is 2.59. The number of hydrogen-bond donors (Lipinski definition) is 0. The molecule has 0 saturated heterocycles. The molecule has 0 aliphatic heterocycles. The molecule has 0 amide bonds. The van der Waals surface area contributed by atoms with E-state index in [-0.39, 0.29) is 0 Å². The molecule has 12 aromatic rings. The largest absolute Gasteiger partial charge is 0.310 e. The number of anilines is 6. The van der Waals surface area contributed by atoms with Crippen LogP contribution in [0, 0.1) is 0 Å². The van der Waals surface area contributed by atoms with Crippen LogP contribution in [0.25, 0.3) is 71.4 Å². The van der Waals surface area contributed by atoms with E-state index in [1.165, 1.54) is 105 Å². The number of rotatable bonds is 8. The van der Waals surface area contributed by atoms with Crippen molar-refractivity contribution in [3.63, 3.8) is 0 Å². The number of aromatic nitrogens is 2. The van der Waals surface area contributed by atoms with Crippen LogP contribution < -0.4 is 9.80 Å². The van der Waals surface area contributed by atoms with E-state index in [9.17, 15) is 0 Å². The third kappa shape index (κ3) is 5.23. The summed E-state index contributed by atoms with van der Waals surface area (Å²) in [5, 5.41) is 9.04. The molecule has 0 radical (unpaired) electrons. The van der Waals surface area contributed by atoms with Crippen LogP contribution in [0.1, 0.15) is 68.3 Å². The molecule has 308 valence electrons. The molecule has 0 spiro atoms. The zero-order chi connectivity index (χ0) is 42.8. The van der Waals surface area contributed by atoms with Crippen LogP contribution >= 0.6 is 0 Å². The Hall–Kier alpha value is -7.56. The summed E-state index contributed by atoms with van der Waals surface area (Å²) in [7, 11) is 0. The second-order valence-electron chi connectivity index (χ2n) is 18.4. The summed E-state index contributed by atoms with van der Waals surface area (Å²) in [5.74, 6) is 0.936. The topological polar surface area (TPSA) is 15.3 Å². The summed E-state index contributed by atoms with van der Waals surface area (Å²) >= 11 is 0. The standard InChI is InChI=1S/C60H48N4/c1-37(2)39-23-27-43(28-24-39)61(41-15-7-5-8-16-41)53-33-31-45-49-35-56-50(36-55(49)63-51-21-13-11-19-47(51)57(53)59(45)63)46-32-34-54(58-48-20-12-14-22-52(48)64(56)60(46)58)62(42-17-9-6-10-18-42)44-29-25-40(26-30-44)38(3)4/h5-11,13-19,21-38H,12,20H2,1-4H3. The molecule has 64 heavy (non-hydrogen) atoms. The number of aryl methyl sites for hydroxylation is 1. The summed E-state index contributed by atoms with van der Waals surface area (Å²) in [6.45, 7) is 9.06. The predicted molar refractivity (Wildman–Crippen MR) is 273 cm³/mol. The van der Waals surface area contributed by atoms with Gasteiger partial charge in [-0.3, -0.25) is 0 Å². The SMILES string of the molecule is CC(C)c1ccc(N(c2ccccc2)c2ccc3c4cc5c(cc4n4c6c(c2c34)CCC=C6)c2ccc(N(c3ccccc3)c3ccc(C(C)C)cc3)c3c4ccccc4n5c23)cc1. The van der Waals surface area contributed by atoms with E-state index >= 15 is 0 Å². The molecular weight excluding hydrogens is 777 g/mol. The van der Waals surface area contributed by atoms with E-state index in [0.29, 0.717) is 11.8 Å². The third-order valence-electron chi connectivity index (χ3n) is 14.2. The van der Waals surface area contributed by atoms with Crippen LogP contribution in [-0.2, 0) is 6.42 Å². The highest BCUT2D eigenvalue weighted by Crippen LogP contribution is 2.51. The zero-order valence-corrected chi connectivity index (χ0v) is 36.7. The van der Waals surface area contributed by atoms with Gasteiger partial charge in [-0.05, 0) is 126 Å². The van der Waals surface area contributed by atoms with Gasteiger partial charge in [0, 0.05) is 66.1 Å². The normalized spacial score (nSPS) is 13.1. The number of hydrogen-bond acceptors (Lipinski definition) is 2. The van der Waals surface area contributed by atoms with Gasteiger partial charge < -0.3 is 18.6 Å². The van der Waals surface area contributed by atoms with Crippen molar-refractivity contribution in [1.29, 1.82) is 0 Å². The van der Waals surface area contributed by atoms with Crippen molar-refractivity contribution < 1.29 is 0 Å². The molecule has 1 aliphatic rings. The molecule has 1 aliphatic carbocycles. The Bertz CT molecular complexity index is 3760. The fourth-order valence-corrected chi connectivity index (χ4v) is 11.1. The minimum atomic E-state index is 0.465. The lowest BCUT2D eigenvalue weighted by molar-refractivity contribution is 0.866. The molecule has 4 nitrogen and oxygen atoms in total. The van der Waals surface area contributed by atoms with Gasteiger partial charge >= 0.3 is 0 Å². The quantitative estimate of drug-likeness (QED) is 0.152. The van der Waals surface area contributed by atoms with E-state index in [1.54, 1.807) is 0 Å². The second-order valence-corrected chi connectivity index (χ2v) is 18.4. The first kappa shape index (κ1) is 37.0. The highest BCUT2D eigenvalue weighted by molar-refractivity contribution is 6.30. The lowest BCUT2D eigenvalue weighted by atomic mass is 9.96. The summed E-state index contributed by atoms with van der Waals surface area (Å²) in [6.07, 6.45) is 6.80. The van der Waals surface area contributed by atoms with Crippen LogP contribution in [0.4, 0.5) is 34.1 Å². The molecule has 0 atom stereocenters. The highest BCUT2D eigenvalue weighted by Gasteiger charge is 2.29. The fraction of sp³-hybridized carbons (Fsp3) is 0.133. The number of para-hydroxylation sites is 3. The van der Waals surface area contributed by atoms with Crippen LogP contribution in [0.3, 0.4) is 0 Å². The van der Waals surface area contributed by atoms with Crippen molar-refractivity contribution in [2.75, 3.05) is 9.80 Å². The fourth-order valence-electron chi connectivity index (χ4n) is 11.1. The van der Waals surface area contributed by atoms with E-state index in [1.807, 2.05) is 0 Å². The Morgan fingerprint density at radius 2 is 0.906 bits per heavy atom. The van der Waals surface area contributed by atoms with Crippen molar-refractivity contribution in [1.82, 2.24) is 8.80 Å². The first-order valence-electron chi connectivity index (χ1n) is 23.0. The molecule has 0 saturated carbocycles. The average Bonchev–Trinajstić information content (AvgIpc) is 4.06. The Morgan fingerprint density at radius 3 is 1.47 bits per heavy atom. The van der Waals surface area contributed by atoms with Gasteiger partial charge in [-0.1, -0.05) is 125 Å². The Balaban J connectivity index is 1.09. The first-order valence-corrected chi connectivity index (χ1v) is 23.0. The lowest BCUT2D eigenvalue weighted by Gasteiger charge is -2.27. The Kier molecular flexibility index (Phi) is 8.09. The minimum Gasteiger partial charge on any atom is -0.310 e. The van der Waals surface area contributed by atoms with Crippen molar-refractivity contribution in [2.45, 2.75) is 52.4 Å². The van der Waals surface area contributed by atoms with E-state index in [2.05, 4.69) is 228 Å². The summed E-state index contributed by atoms with van der Waals surface area (Å²) in [5.41, 5.74) is 18.8. The smallest absolute Gasteiger partial charge is 0.0641 e. The summed E-state index contributed by atoms with van der Waals surface area (Å²) in [4.78, 5) is 4.92. The predicted octanol–water partition coefficient (Wildman–Crippen LogP) is 17.0. The maximum absolute atomic E-state index is 2.59. The third-order valence-corrected chi connectivity index (χ3v) is 14.2. The first-order chi connectivity index (χ1) is 31.4. The number of allylic oxidation sites excluding steroid dienone is 1. The summed E-state index contributed by atoms with van der Waals surface area (Å²) in [6, 6.07) is 63.6. The van der Waals surface area contributed by atoms with Gasteiger partial charge in [0.15, 0.2) is 0 Å². The number of nitrogens with zero attached hydrogens (tertiary/aromatic N) is 4. The Labute approximate surface area is 373 Å². The monoisotopic (exact) mass is 824 g/mol. The van der Waals surface area contributed by atoms with Crippen molar-refractivity contribution in [3.05, 3.63) is 198 Å². The molecule has 4 heterocycles. The number of benzene rings is 8. The summed E-state index contributed by atoms with van der Waals surface area (Å²) < 4.78 is 5.14. The molecule has 13 rings (SSSR count). The second kappa shape index (κ2) is 14.0. The maximum Gasteiger partial charge on any atom is 0.0641 e. The van der Waals surface area contributed by atoms with Gasteiger partial charge in [0.25, 0.3) is 0 Å². The molecule has 4 aromatic heterocycles. The average molecular weight is 825 g/mol. The Morgan fingerprint density at radius 1 is 0.422 bits per heavy atom. The van der Waals surface area contributed by atoms with Crippen LogP contribution in [0.5, 0.6) is 0 Å². The van der Waals surface area contributed by atoms with Gasteiger partial charge in [-0.15, -0.1) is 0 Å². The van der Waals surface area contributed by atoms with Gasteiger partial charge in [-0.25, -0.2) is 0 Å². The molecule has 0 bridgehead atoms. The van der Waals surface area contributed by atoms with Crippen LogP contribution in [0.15, 0.2) is 176 Å². The highest BCUT2D eigenvalue weighted by atomic mass is 15.2. The van der Waals surface area contributed by atoms with Gasteiger partial charge in [-0.2, -0.15) is 0 Å². The van der Waals surface area contributed by atoms with Gasteiger partial charge in [0.05, 0.1) is 39.0 Å². The minimum absolute atomic E-state index is 0.465. The van der Waals surface area contributed by atoms with Crippen LogP contribution in [0.2, 0.25) is 0 Å². The molecular formula is C60H48N4. The van der Waals surface area contributed by atoms with Gasteiger partial charge in [0.2, 0.25) is 0 Å². The van der Waals surface area contributed by atoms with Crippen molar-refractivity contribution in [2.24, 2.45) is 0 Å². The lowest BCUT2D eigenvalue weighted by Crippen LogP contribution is -2.11. The van der Waals surface area contributed by atoms with Crippen molar-refractivity contribution in [3.8, 4) is 0 Å². The van der Waals surface area contributed by atoms with E-state index in [4.69, 9.17) is 0 Å². The van der Waals surface area contributed by atoms with Gasteiger partial charge in [0.1, 0.15) is 0 Å². The van der Waals surface area contributed by atoms with Crippen molar-refractivity contribution >= 4 is 105 Å². The van der Waals surface area contributed by atoms with E-state index in [0.717, 1.165) is 29.9 Å².